The minimum absolute atomic E-state index is 0.132. The number of carbonyl (C=O) groups excluding carboxylic acids is 2. The van der Waals surface area contributed by atoms with Crippen LogP contribution in [0.1, 0.15) is 39.1 Å². The summed E-state index contributed by atoms with van der Waals surface area (Å²) in [5.41, 5.74) is 3.41. The van der Waals surface area contributed by atoms with E-state index in [1.54, 1.807) is 48.5 Å². The second-order valence-electron chi connectivity index (χ2n) is 6.99. The Hall–Kier alpha value is -3.91. The smallest absolute Gasteiger partial charge is 0.256 e. The maximum Gasteiger partial charge on any atom is 0.256 e. The molecule has 5 heteroatoms. The summed E-state index contributed by atoms with van der Waals surface area (Å²) in [6.07, 6.45) is 2.03. The summed E-state index contributed by atoms with van der Waals surface area (Å²) >= 11 is 0. The molecule has 2 amide bonds. The topological polar surface area (TPSA) is 82.0 Å². The average molecular weight is 381 g/mol. The molecular weight excluding hydrogens is 362 g/mol. The highest BCUT2D eigenvalue weighted by molar-refractivity contribution is 6.09. The molecule has 0 radical (unpaired) electrons. The van der Waals surface area contributed by atoms with Gasteiger partial charge in [-0.05, 0) is 48.7 Å². The monoisotopic (exact) mass is 381 g/mol. The van der Waals surface area contributed by atoms with Crippen LogP contribution in [-0.2, 0) is 0 Å². The van der Waals surface area contributed by atoms with Crippen molar-refractivity contribution in [3.63, 3.8) is 0 Å². The first-order valence-electron chi connectivity index (χ1n) is 9.46. The quantitative estimate of drug-likeness (QED) is 0.688. The van der Waals surface area contributed by atoms with Gasteiger partial charge in [-0.1, -0.05) is 42.5 Å². The van der Waals surface area contributed by atoms with Crippen molar-refractivity contribution >= 4 is 17.5 Å². The first-order chi connectivity index (χ1) is 14.2. The predicted molar refractivity (Wildman–Crippen MR) is 111 cm³/mol. The third-order valence-electron chi connectivity index (χ3n) is 4.80. The number of nitrogens with zero attached hydrogens (tertiary/aromatic N) is 1. The van der Waals surface area contributed by atoms with Gasteiger partial charge in [-0.15, -0.1) is 0 Å². The molecule has 2 N–H and O–H groups in total. The Bertz CT molecular complexity index is 1130. The van der Waals surface area contributed by atoms with Gasteiger partial charge in [0.15, 0.2) is 0 Å². The van der Waals surface area contributed by atoms with E-state index in [1.165, 1.54) is 0 Å². The van der Waals surface area contributed by atoms with E-state index in [1.807, 2.05) is 24.3 Å². The molecule has 3 aromatic rings. The predicted octanol–water partition coefficient (Wildman–Crippen LogP) is 4.37. The zero-order chi connectivity index (χ0) is 20.2. The Morgan fingerprint density at radius 2 is 1.59 bits per heavy atom. The molecule has 142 valence electrons. The van der Waals surface area contributed by atoms with Crippen molar-refractivity contribution in [3.05, 3.63) is 89.5 Å². The van der Waals surface area contributed by atoms with Crippen molar-refractivity contribution < 1.29 is 9.59 Å². The van der Waals surface area contributed by atoms with Gasteiger partial charge in [-0.3, -0.25) is 9.59 Å². The van der Waals surface area contributed by atoms with Gasteiger partial charge in [0.05, 0.1) is 11.6 Å². The minimum atomic E-state index is -0.298. The van der Waals surface area contributed by atoms with Crippen LogP contribution < -0.4 is 10.6 Å². The van der Waals surface area contributed by atoms with Crippen LogP contribution in [0.5, 0.6) is 0 Å². The molecule has 1 aliphatic carbocycles. The van der Waals surface area contributed by atoms with Crippen LogP contribution in [0.3, 0.4) is 0 Å². The summed E-state index contributed by atoms with van der Waals surface area (Å²) in [5, 5.41) is 15.2. The maximum atomic E-state index is 13.0. The fourth-order valence-corrected chi connectivity index (χ4v) is 3.16. The first-order valence-corrected chi connectivity index (χ1v) is 9.46. The van der Waals surface area contributed by atoms with Gasteiger partial charge in [-0.2, -0.15) is 5.26 Å². The minimum Gasteiger partial charge on any atom is -0.349 e. The fourth-order valence-electron chi connectivity index (χ4n) is 3.16. The Morgan fingerprint density at radius 3 is 2.34 bits per heavy atom. The maximum absolute atomic E-state index is 13.0. The van der Waals surface area contributed by atoms with Gasteiger partial charge in [0, 0.05) is 28.4 Å². The number of hydrogen-bond donors (Lipinski definition) is 2. The van der Waals surface area contributed by atoms with Gasteiger partial charge >= 0.3 is 0 Å². The summed E-state index contributed by atoms with van der Waals surface area (Å²) in [6, 6.07) is 23.7. The van der Waals surface area contributed by atoms with Crippen molar-refractivity contribution in [2.24, 2.45) is 0 Å². The number of benzene rings is 3. The lowest BCUT2D eigenvalue weighted by Gasteiger charge is -2.12. The van der Waals surface area contributed by atoms with E-state index < -0.39 is 0 Å². The number of amides is 2. The zero-order valence-electron chi connectivity index (χ0n) is 15.7. The third kappa shape index (κ3) is 4.17. The highest BCUT2D eigenvalue weighted by atomic mass is 16.2. The van der Waals surface area contributed by atoms with Crippen molar-refractivity contribution in [1.82, 2.24) is 5.32 Å². The molecule has 0 atom stereocenters. The summed E-state index contributed by atoms with van der Waals surface area (Å²) in [6.45, 7) is 0. The lowest BCUT2D eigenvalue weighted by Crippen LogP contribution is -2.25. The van der Waals surface area contributed by atoms with Crippen LogP contribution >= 0.6 is 0 Å². The summed E-state index contributed by atoms with van der Waals surface area (Å²) in [7, 11) is 0. The molecule has 3 aromatic carbocycles. The highest BCUT2D eigenvalue weighted by Gasteiger charge is 2.24. The van der Waals surface area contributed by atoms with Crippen LogP contribution in [0.2, 0.25) is 0 Å². The Kier molecular flexibility index (Phi) is 5.08. The lowest BCUT2D eigenvalue weighted by molar-refractivity contribution is 0.0949. The largest absolute Gasteiger partial charge is 0.349 e. The molecule has 0 bridgehead atoms. The van der Waals surface area contributed by atoms with Crippen LogP contribution in [0.15, 0.2) is 72.8 Å². The summed E-state index contributed by atoms with van der Waals surface area (Å²) < 4.78 is 0. The normalized spacial score (nSPS) is 12.7. The van der Waals surface area contributed by atoms with Gasteiger partial charge in [0.1, 0.15) is 0 Å². The van der Waals surface area contributed by atoms with Gasteiger partial charge in [0.25, 0.3) is 11.8 Å². The molecule has 0 unspecified atom stereocenters. The second-order valence-corrected chi connectivity index (χ2v) is 6.99. The molecule has 1 aliphatic rings. The fraction of sp³-hybridized carbons (Fsp3) is 0.125. The number of hydrogen-bond acceptors (Lipinski definition) is 3. The Morgan fingerprint density at radius 1 is 0.862 bits per heavy atom. The Labute approximate surface area is 169 Å². The van der Waals surface area contributed by atoms with E-state index in [0.717, 1.165) is 12.8 Å². The van der Waals surface area contributed by atoms with Crippen LogP contribution in [0, 0.1) is 11.3 Å². The van der Waals surface area contributed by atoms with Crippen molar-refractivity contribution in [1.29, 1.82) is 5.26 Å². The zero-order valence-corrected chi connectivity index (χ0v) is 15.7. The molecule has 0 heterocycles. The summed E-state index contributed by atoms with van der Waals surface area (Å²) in [4.78, 5) is 25.2. The van der Waals surface area contributed by atoms with Gasteiger partial charge in [-0.25, -0.2) is 0 Å². The highest BCUT2D eigenvalue weighted by Crippen LogP contribution is 2.27. The van der Waals surface area contributed by atoms with E-state index in [2.05, 4.69) is 16.7 Å². The number of carbonyl (C=O) groups is 2. The number of nitrogens with one attached hydrogen (secondary N) is 2. The van der Waals surface area contributed by atoms with Gasteiger partial charge in [0.2, 0.25) is 0 Å². The van der Waals surface area contributed by atoms with Crippen LogP contribution in [0.25, 0.3) is 11.1 Å². The number of rotatable bonds is 5. The number of nitriles is 1. The van der Waals surface area contributed by atoms with Gasteiger partial charge < -0.3 is 10.6 Å². The average Bonchev–Trinajstić information content (AvgIpc) is 3.58. The van der Waals surface area contributed by atoms with E-state index in [-0.39, 0.29) is 17.9 Å². The lowest BCUT2D eigenvalue weighted by atomic mass is 9.95. The molecule has 0 aromatic heterocycles. The first kappa shape index (κ1) is 18.5. The molecule has 29 heavy (non-hydrogen) atoms. The van der Waals surface area contributed by atoms with Crippen LogP contribution in [0.4, 0.5) is 5.69 Å². The van der Waals surface area contributed by atoms with Crippen molar-refractivity contribution in [3.8, 4) is 17.2 Å². The molecule has 5 nitrogen and oxygen atoms in total. The third-order valence-corrected chi connectivity index (χ3v) is 4.80. The molecule has 0 aliphatic heterocycles. The SMILES string of the molecule is N#Cc1ccccc1-c1ccccc1C(=O)Nc1cccc(C(=O)NC2CC2)c1. The number of anilines is 1. The molecule has 1 saturated carbocycles. The molecule has 0 spiro atoms. The van der Waals surface area contributed by atoms with E-state index in [0.29, 0.717) is 33.5 Å². The second kappa shape index (κ2) is 7.99. The molecule has 1 fully saturated rings. The van der Waals surface area contributed by atoms with E-state index in [4.69, 9.17) is 0 Å². The summed E-state index contributed by atoms with van der Waals surface area (Å²) in [5.74, 6) is -0.431. The van der Waals surface area contributed by atoms with E-state index in [9.17, 15) is 14.9 Å². The molecular formula is C24H19N3O2. The van der Waals surface area contributed by atoms with Crippen molar-refractivity contribution in [2.75, 3.05) is 5.32 Å². The van der Waals surface area contributed by atoms with E-state index >= 15 is 0 Å². The standard InChI is InChI=1S/C24H19N3O2/c25-15-17-6-1-2-9-20(17)21-10-3-4-11-22(21)24(29)27-19-8-5-7-16(14-19)23(28)26-18-12-13-18/h1-11,14,18H,12-13H2,(H,26,28)(H,27,29). The molecule has 4 rings (SSSR count). The Balaban J connectivity index is 1.60. The molecule has 0 saturated heterocycles. The van der Waals surface area contributed by atoms with Crippen LogP contribution in [-0.4, -0.2) is 17.9 Å². The van der Waals surface area contributed by atoms with Crippen molar-refractivity contribution in [2.45, 2.75) is 18.9 Å².